The van der Waals surface area contributed by atoms with Gasteiger partial charge in [0.15, 0.2) is 17.2 Å². The predicted octanol–water partition coefficient (Wildman–Crippen LogP) is 1.38. The molecule has 3 aliphatic carbocycles. The number of ketones is 2. The molecule has 11 nitrogen and oxygen atoms in total. The Bertz CT molecular complexity index is 1330. The zero-order chi connectivity index (χ0) is 32.4. The van der Waals surface area contributed by atoms with Crippen molar-refractivity contribution in [2.24, 2.45) is 40.2 Å². The molecular weight excluding hydrogens is 558 g/mol. The summed E-state index contributed by atoms with van der Waals surface area (Å²) < 4.78 is 5.28. The Morgan fingerprint density at radius 2 is 1.74 bits per heavy atom. The molecule has 0 bridgehead atoms. The van der Waals surface area contributed by atoms with Crippen LogP contribution in [0.25, 0.3) is 0 Å². The number of aliphatic hydroxyl groups is 4. The number of nitrogens with two attached hydrogens (primary N) is 1. The van der Waals surface area contributed by atoms with Gasteiger partial charge in [-0.3, -0.25) is 19.2 Å². The number of esters is 1. The van der Waals surface area contributed by atoms with E-state index in [1.54, 1.807) is 33.8 Å². The van der Waals surface area contributed by atoms with Gasteiger partial charge in [0.1, 0.15) is 17.8 Å². The minimum absolute atomic E-state index is 0.00918. The van der Waals surface area contributed by atoms with E-state index in [0.717, 1.165) is 12.8 Å². The second-order valence-electron chi connectivity index (χ2n) is 13.4. The fourth-order valence-electron chi connectivity index (χ4n) is 8.77. The molecule has 0 heterocycles. The second kappa shape index (κ2) is 11.3. The molecule has 1 aromatic carbocycles. The Labute approximate surface area is 251 Å². The number of phenols is 1. The number of aliphatic hydroxyl groups excluding tert-OH is 3. The summed E-state index contributed by atoms with van der Waals surface area (Å²) in [6.45, 7) is 10.4. The molecule has 2 unspecified atom stereocenters. The molecule has 2 fully saturated rings. The van der Waals surface area contributed by atoms with Gasteiger partial charge in [0.05, 0.1) is 30.3 Å². The lowest BCUT2D eigenvalue weighted by Crippen LogP contribution is -2.83. The second-order valence-corrected chi connectivity index (χ2v) is 13.4. The van der Waals surface area contributed by atoms with E-state index in [0.29, 0.717) is 17.7 Å². The topological polar surface area (TPSA) is 205 Å². The number of primary amides is 1. The van der Waals surface area contributed by atoms with Gasteiger partial charge in [-0.2, -0.15) is 0 Å². The van der Waals surface area contributed by atoms with E-state index in [9.17, 15) is 44.7 Å². The normalized spacial score (nSPS) is 38.7. The maximum absolute atomic E-state index is 14.3. The molecule has 0 radical (unpaired) electrons. The SMILES string of the molecule is CCCCOC(=O)CCc1ccc(O)c2c1[C@@H](C)[C@@]1(C)[C@H](C2=O)C(O)[C@@]2(O)C(=O)[C@H](C(N)=O)C(O)[C@H](C(C)C)[C@@]2(C)[C@@H]1O. The van der Waals surface area contributed by atoms with Crippen molar-refractivity contribution in [1.29, 1.82) is 0 Å². The maximum atomic E-state index is 14.3. The summed E-state index contributed by atoms with van der Waals surface area (Å²) in [7, 11) is 0. The summed E-state index contributed by atoms with van der Waals surface area (Å²) in [5.74, 6) is -9.86. The molecule has 0 aromatic heterocycles. The molecule has 4 rings (SSSR count). The van der Waals surface area contributed by atoms with Crippen LogP contribution < -0.4 is 5.73 Å². The first kappa shape index (κ1) is 33.0. The summed E-state index contributed by atoms with van der Waals surface area (Å²) in [4.78, 5) is 52.9. The van der Waals surface area contributed by atoms with Crippen LogP contribution in [0, 0.1) is 34.5 Å². The van der Waals surface area contributed by atoms with E-state index in [4.69, 9.17) is 10.5 Å². The number of rotatable bonds is 8. The number of hydrogen-bond donors (Lipinski definition) is 6. The van der Waals surface area contributed by atoms with E-state index in [1.165, 1.54) is 13.0 Å². The average Bonchev–Trinajstić information content (AvgIpc) is 2.92. The molecule has 3 aliphatic rings. The van der Waals surface area contributed by atoms with E-state index in [2.05, 4.69) is 0 Å². The fourth-order valence-corrected chi connectivity index (χ4v) is 8.77. The highest BCUT2D eigenvalue weighted by molar-refractivity contribution is 6.09. The number of phenolic OH excluding ortho intramolecular Hbond substituents is 1. The molecule has 238 valence electrons. The smallest absolute Gasteiger partial charge is 0.306 e. The average molecular weight is 604 g/mol. The van der Waals surface area contributed by atoms with Gasteiger partial charge < -0.3 is 36.0 Å². The van der Waals surface area contributed by atoms with Crippen molar-refractivity contribution < 1.29 is 49.4 Å². The van der Waals surface area contributed by atoms with Crippen LogP contribution in [0.2, 0.25) is 0 Å². The highest BCUT2D eigenvalue weighted by Gasteiger charge is 2.80. The Morgan fingerprint density at radius 3 is 2.30 bits per heavy atom. The third kappa shape index (κ3) is 4.37. The Hall–Kier alpha value is -2.86. The summed E-state index contributed by atoms with van der Waals surface area (Å²) in [6.07, 6.45) is -3.67. The molecule has 11 heteroatoms. The zero-order valence-corrected chi connectivity index (χ0v) is 25.7. The summed E-state index contributed by atoms with van der Waals surface area (Å²) in [5, 5.41) is 58.8. The number of ether oxygens (including phenoxy) is 1. The third-order valence-electron chi connectivity index (χ3n) is 11.0. The highest BCUT2D eigenvalue weighted by atomic mass is 16.5. The van der Waals surface area contributed by atoms with Gasteiger partial charge in [-0.15, -0.1) is 0 Å². The van der Waals surface area contributed by atoms with Crippen molar-refractivity contribution in [3.63, 3.8) is 0 Å². The van der Waals surface area contributed by atoms with Crippen molar-refractivity contribution >= 4 is 23.4 Å². The van der Waals surface area contributed by atoms with Gasteiger partial charge in [0.2, 0.25) is 5.91 Å². The van der Waals surface area contributed by atoms with Gasteiger partial charge in [0, 0.05) is 17.3 Å². The molecular formula is C32H45NO10. The predicted molar refractivity (Wildman–Crippen MR) is 154 cm³/mol. The van der Waals surface area contributed by atoms with Crippen molar-refractivity contribution in [2.45, 2.75) is 97.1 Å². The first-order valence-corrected chi connectivity index (χ1v) is 15.1. The number of unbranched alkanes of at least 4 members (excludes halogenated alkanes) is 1. The van der Waals surface area contributed by atoms with Crippen LogP contribution in [0.4, 0.5) is 0 Å². The van der Waals surface area contributed by atoms with Crippen LogP contribution >= 0.6 is 0 Å². The standard InChI is InChI=1S/C32H45NO10/c1-7-8-13-43-18(35)12-10-16-9-11-17(34)20-19(16)15(4)30(5)23(24(20)36)27(39)32(42)26(38)21(28(33)40)25(37)22(14(2)3)31(32,6)29(30)41/h9,11,14-15,21-23,25,27,29,34,37,39,41-42H,7-8,10,12-13H2,1-6H3,(H2,33,40)/t15-,21-,22+,23-,25?,27?,29-,30+,31+,32+/m1/s1. The van der Waals surface area contributed by atoms with Crippen LogP contribution in [0.1, 0.15) is 88.2 Å². The molecule has 1 amide bonds. The lowest BCUT2D eigenvalue weighted by Gasteiger charge is -2.69. The lowest BCUT2D eigenvalue weighted by atomic mass is 9.36. The lowest BCUT2D eigenvalue weighted by molar-refractivity contribution is -0.306. The number of Topliss-reactive ketones (excluding diaryl/α,β-unsaturated/α-hetero) is 2. The minimum atomic E-state index is -2.84. The number of carbonyl (C=O) groups excluding carboxylic acids is 4. The molecule has 43 heavy (non-hydrogen) atoms. The van der Waals surface area contributed by atoms with Gasteiger partial charge in [0.25, 0.3) is 0 Å². The van der Waals surface area contributed by atoms with Crippen molar-refractivity contribution in [3.05, 3.63) is 28.8 Å². The third-order valence-corrected chi connectivity index (χ3v) is 11.0. The molecule has 0 saturated heterocycles. The van der Waals surface area contributed by atoms with Crippen LogP contribution in [0.5, 0.6) is 5.75 Å². The van der Waals surface area contributed by atoms with Crippen LogP contribution in [-0.2, 0) is 25.5 Å². The zero-order valence-electron chi connectivity index (χ0n) is 25.7. The number of amides is 1. The van der Waals surface area contributed by atoms with Crippen molar-refractivity contribution in [3.8, 4) is 5.75 Å². The van der Waals surface area contributed by atoms with E-state index < -0.39 is 87.8 Å². The Balaban J connectivity index is 1.90. The molecule has 0 spiro atoms. The van der Waals surface area contributed by atoms with E-state index in [1.807, 2.05) is 6.92 Å². The molecule has 10 atom stereocenters. The minimum Gasteiger partial charge on any atom is -0.507 e. The van der Waals surface area contributed by atoms with Gasteiger partial charge in [-0.1, -0.05) is 54.0 Å². The Morgan fingerprint density at radius 1 is 1.12 bits per heavy atom. The van der Waals surface area contributed by atoms with Crippen LogP contribution in [0.15, 0.2) is 12.1 Å². The van der Waals surface area contributed by atoms with Crippen molar-refractivity contribution in [2.75, 3.05) is 6.61 Å². The quantitative estimate of drug-likeness (QED) is 0.143. The number of aromatic hydroxyl groups is 1. The van der Waals surface area contributed by atoms with Gasteiger partial charge in [-0.25, -0.2) is 0 Å². The van der Waals surface area contributed by atoms with Crippen LogP contribution in [0.3, 0.4) is 0 Å². The van der Waals surface area contributed by atoms with E-state index >= 15 is 0 Å². The molecule has 7 N–H and O–H groups in total. The van der Waals surface area contributed by atoms with Gasteiger partial charge >= 0.3 is 5.97 Å². The monoisotopic (exact) mass is 603 g/mol. The molecule has 1 aromatic rings. The summed E-state index contributed by atoms with van der Waals surface area (Å²) in [6, 6.07) is 2.92. The number of benzene rings is 1. The number of aryl methyl sites for hydroxylation is 1. The first-order valence-electron chi connectivity index (χ1n) is 15.1. The summed E-state index contributed by atoms with van der Waals surface area (Å²) in [5.41, 5.74) is 0.0397. The highest BCUT2D eigenvalue weighted by Crippen LogP contribution is 2.68. The number of hydrogen-bond acceptors (Lipinski definition) is 10. The number of fused-ring (bicyclic) bond motifs is 3. The Kier molecular flexibility index (Phi) is 8.64. The molecule has 0 aliphatic heterocycles. The number of carbonyl (C=O) groups is 4. The summed E-state index contributed by atoms with van der Waals surface area (Å²) >= 11 is 0. The van der Waals surface area contributed by atoms with Crippen molar-refractivity contribution in [1.82, 2.24) is 0 Å². The van der Waals surface area contributed by atoms with E-state index in [-0.39, 0.29) is 24.2 Å². The first-order chi connectivity index (χ1) is 19.9. The maximum Gasteiger partial charge on any atom is 0.306 e. The molecule has 2 saturated carbocycles. The van der Waals surface area contributed by atoms with Gasteiger partial charge in [-0.05, 0) is 47.8 Å². The fraction of sp³-hybridized carbons (Fsp3) is 0.688. The largest absolute Gasteiger partial charge is 0.507 e. The van der Waals surface area contributed by atoms with Crippen LogP contribution in [-0.4, -0.2) is 79.5 Å².